The van der Waals surface area contributed by atoms with Gasteiger partial charge in [-0.15, -0.1) is 12.4 Å². The molecular weight excluding hydrogens is 350 g/mol. The van der Waals surface area contributed by atoms with Crippen molar-refractivity contribution in [2.24, 2.45) is 5.92 Å². The zero-order valence-electron chi connectivity index (χ0n) is 13.9. The molecule has 8 heteroatoms. The molecule has 0 aliphatic carbocycles. The van der Waals surface area contributed by atoms with Gasteiger partial charge >= 0.3 is 0 Å². The summed E-state index contributed by atoms with van der Waals surface area (Å²) in [4.78, 5) is 12.0. The third-order valence-corrected chi connectivity index (χ3v) is 5.37. The Labute approximate surface area is 150 Å². The number of amides is 1. The second-order valence-corrected chi connectivity index (χ2v) is 7.87. The van der Waals surface area contributed by atoms with Crippen molar-refractivity contribution >= 4 is 39.7 Å². The molecule has 0 aromatic heterocycles. The second-order valence-electron chi connectivity index (χ2n) is 5.86. The minimum absolute atomic E-state index is 0. The fourth-order valence-corrected chi connectivity index (χ4v) is 3.24. The fourth-order valence-electron chi connectivity index (χ4n) is 2.60. The molecule has 1 aromatic carbocycles. The highest BCUT2D eigenvalue weighted by molar-refractivity contribution is 7.92. The Morgan fingerprint density at radius 3 is 2.33 bits per heavy atom. The minimum Gasteiger partial charge on any atom is -0.326 e. The average Bonchev–Trinajstić information content (AvgIpc) is 2.55. The summed E-state index contributed by atoms with van der Waals surface area (Å²) in [6.45, 7) is 3.67. The number of anilines is 2. The Hall–Kier alpha value is -1.31. The standard InChI is InChI=1S/C16H25N3O3S.ClH/c1-2-23(21,22)19-15-6-4-14(5-7-15)18-16(20)8-3-13-9-11-17-12-10-13;/h4-7,13,17,19H,2-3,8-12H2,1H3,(H,18,20);1H. The molecule has 24 heavy (non-hydrogen) atoms. The number of carbonyl (C=O) groups excluding carboxylic acids is 1. The number of benzene rings is 1. The highest BCUT2D eigenvalue weighted by Gasteiger charge is 2.14. The van der Waals surface area contributed by atoms with Gasteiger partial charge in [0.2, 0.25) is 15.9 Å². The van der Waals surface area contributed by atoms with Crippen LogP contribution in [0.15, 0.2) is 24.3 Å². The molecule has 0 unspecified atom stereocenters. The van der Waals surface area contributed by atoms with Crippen LogP contribution in [0.25, 0.3) is 0 Å². The van der Waals surface area contributed by atoms with Crippen molar-refractivity contribution in [3.63, 3.8) is 0 Å². The van der Waals surface area contributed by atoms with E-state index in [4.69, 9.17) is 0 Å². The number of piperidine rings is 1. The van der Waals surface area contributed by atoms with Crippen molar-refractivity contribution in [3.8, 4) is 0 Å². The summed E-state index contributed by atoms with van der Waals surface area (Å²) in [5, 5.41) is 6.17. The molecule has 2 rings (SSSR count). The van der Waals surface area contributed by atoms with Crippen LogP contribution < -0.4 is 15.4 Å². The van der Waals surface area contributed by atoms with Gasteiger partial charge in [-0.2, -0.15) is 0 Å². The van der Waals surface area contributed by atoms with Crippen LogP contribution >= 0.6 is 12.4 Å². The number of sulfonamides is 1. The van der Waals surface area contributed by atoms with Crippen molar-refractivity contribution in [2.75, 3.05) is 28.9 Å². The number of rotatable bonds is 7. The topological polar surface area (TPSA) is 87.3 Å². The summed E-state index contributed by atoms with van der Waals surface area (Å²) < 4.78 is 25.4. The van der Waals surface area contributed by atoms with Gasteiger partial charge in [0.05, 0.1) is 5.75 Å². The SMILES string of the molecule is CCS(=O)(=O)Nc1ccc(NC(=O)CCC2CCNCC2)cc1.Cl. The highest BCUT2D eigenvalue weighted by atomic mass is 35.5. The van der Waals surface area contributed by atoms with Gasteiger partial charge in [0.25, 0.3) is 0 Å². The summed E-state index contributed by atoms with van der Waals surface area (Å²) in [6.07, 6.45) is 3.72. The minimum atomic E-state index is -3.27. The number of hydrogen-bond acceptors (Lipinski definition) is 4. The van der Waals surface area contributed by atoms with Crippen molar-refractivity contribution in [1.29, 1.82) is 0 Å². The van der Waals surface area contributed by atoms with Crippen LogP contribution in [0.3, 0.4) is 0 Å². The van der Waals surface area contributed by atoms with Crippen molar-refractivity contribution in [1.82, 2.24) is 5.32 Å². The Morgan fingerprint density at radius 2 is 1.75 bits per heavy atom. The third-order valence-electron chi connectivity index (χ3n) is 4.06. The molecule has 0 bridgehead atoms. The molecule has 1 aliphatic heterocycles. The Morgan fingerprint density at radius 1 is 1.17 bits per heavy atom. The van der Waals surface area contributed by atoms with Crippen LogP contribution in [0.2, 0.25) is 0 Å². The number of hydrogen-bond donors (Lipinski definition) is 3. The van der Waals surface area contributed by atoms with E-state index in [0.29, 0.717) is 23.7 Å². The van der Waals surface area contributed by atoms with E-state index in [9.17, 15) is 13.2 Å². The monoisotopic (exact) mass is 375 g/mol. The molecule has 0 saturated carbocycles. The first-order chi connectivity index (χ1) is 11.0. The van der Waals surface area contributed by atoms with E-state index in [1.807, 2.05) is 0 Å². The highest BCUT2D eigenvalue weighted by Crippen LogP contribution is 2.19. The van der Waals surface area contributed by atoms with Crippen molar-refractivity contribution < 1.29 is 13.2 Å². The maximum absolute atomic E-state index is 12.0. The third kappa shape index (κ3) is 7.07. The normalized spacial score (nSPS) is 15.4. The van der Waals surface area contributed by atoms with E-state index in [0.717, 1.165) is 32.4 Å². The summed E-state index contributed by atoms with van der Waals surface area (Å²) in [7, 11) is -3.27. The molecule has 3 N–H and O–H groups in total. The van der Waals surface area contributed by atoms with Crippen LogP contribution in [-0.2, 0) is 14.8 Å². The second kappa shape index (κ2) is 9.86. The first-order valence-electron chi connectivity index (χ1n) is 8.09. The van der Waals surface area contributed by atoms with Gasteiger partial charge in [-0.05, 0) is 69.5 Å². The summed E-state index contributed by atoms with van der Waals surface area (Å²) in [6, 6.07) is 6.71. The molecule has 0 spiro atoms. The van der Waals surface area contributed by atoms with E-state index in [1.54, 1.807) is 31.2 Å². The lowest BCUT2D eigenvalue weighted by atomic mass is 9.93. The van der Waals surface area contributed by atoms with Crippen LogP contribution in [0.4, 0.5) is 11.4 Å². The molecule has 136 valence electrons. The molecule has 1 heterocycles. The zero-order chi connectivity index (χ0) is 16.7. The zero-order valence-corrected chi connectivity index (χ0v) is 15.5. The fraction of sp³-hybridized carbons (Fsp3) is 0.562. The van der Waals surface area contributed by atoms with E-state index >= 15 is 0 Å². The molecule has 1 saturated heterocycles. The molecular formula is C16H26ClN3O3S. The van der Waals surface area contributed by atoms with Gasteiger partial charge in [0.15, 0.2) is 0 Å². The maximum atomic E-state index is 12.0. The van der Waals surface area contributed by atoms with E-state index in [2.05, 4.69) is 15.4 Å². The molecule has 1 aromatic rings. The molecule has 6 nitrogen and oxygen atoms in total. The molecule has 1 amide bonds. The van der Waals surface area contributed by atoms with Gasteiger partial charge in [-0.25, -0.2) is 8.42 Å². The van der Waals surface area contributed by atoms with Crippen molar-refractivity contribution in [3.05, 3.63) is 24.3 Å². The van der Waals surface area contributed by atoms with Crippen LogP contribution in [0, 0.1) is 5.92 Å². The Bertz CT molecular complexity index is 614. The quantitative estimate of drug-likeness (QED) is 0.683. The molecule has 0 radical (unpaired) electrons. The largest absolute Gasteiger partial charge is 0.326 e. The summed E-state index contributed by atoms with van der Waals surface area (Å²) >= 11 is 0. The first-order valence-corrected chi connectivity index (χ1v) is 9.75. The van der Waals surface area contributed by atoms with Gasteiger partial charge < -0.3 is 10.6 Å². The first kappa shape index (κ1) is 20.7. The van der Waals surface area contributed by atoms with Gasteiger partial charge in [0, 0.05) is 17.8 Å². The summed E-state index contributed by atoms with van der Waals surface area (Å²) in [5.74, 6) is 0.667. The van der Waals surface area contributed by atoms with E-state index in [1.165, 1.54) is 0 Å². The molecule has 0 atom stereocenters. The predicted octanol–water partition coefficient (Wildman–Crippen LogP) is 2.59. The van der Waals surface area contributed by atoms with Gasteiger partial charge in [0.1, 0.15) is 0 Å². The molecule has 1 aliphatic rings. The summed E-state index contributed by atoms with van der Waals surface area (Å²) in [5.41, 5.74) is 1.18. The lowest BCUT2D eigenvalue weighted by Crippen LogP contribution is -2.28. The Kier molecular flexibility index (Phi) is 8.52. The van der Waals surface area contributed by atoms with Gasteiger partial charge in [-0.1, -0.05) is 0 Å². The number of halogens is 1. The van der Waals surface area contributed by atoms with Crippen molar-refractivity contribution in [2.45, 2.75) is 32.6 Å². The molecule has 1 fully saturated rings. The number of nitrogens with one attached hydrogen (secondary N) is 3. The van der Waals surface area contributed by atoms with Crippen LogP contribution in [0.5, 0.6) is 0 Å². The predicted molar refractivity (Wildman–Crippen MR) is 100 cm³/mol. The lowest BCUT2D eigenvalue weighted by Gasteiger charge is -2.22. The number of carbonyl (C=O) groups is 1. The van der Waals surface area contributed by atoms with E-state index < -0.39 is 10.0 Å². The smallest absolute Gasteiger partial charge is 0.232 e. The van der Waals surface area contributed by atoms with E-state index in [-0.39, 0.29) is 24.1 Å². The van der Waals surface area contributed by atoms with Crippen LogP contribution in [-0.4, -0.2) is 33.2 Å². The Balaban J connectivity index is 0.00000288. The average molecular weight is 376 g/mol. The lowest BCUT2D eigenvalue weighted by molar-refractivity contribution is -0.116. The van der Waals surface area contributed by atoms with Crippen LogP contribution in [0.1, 0.15) is 32.6 Å². The van der Waals surface area contributed by atoms with Gasteiger partial charge in [-0.3, -0.25) is 9.52 Å². The maximum Gasteiger partial charge on any atom is 0.232 e.